The molecule has 1 N–H and O–H groups in total. The fourth-order valence-electron chi connectivity index (χ4n) is 2.96. The molecule has 0 bridgehead atoms. The second-order valence-corrected chi connectivity index (χ2v) is 8.44. The van der Waals surface area contributed by atoms with Gasteiger partial charge in [-0.1, -0.05) is 60.7 Å². The van der Waals surface area contributed by atoms with Gasteiger partial charge in [-0.25, -0.2) is 4.57 Å². The molecule has 0 aromatic heterocycles. The first-order chi connectivity index (χ1) is 16.1. The van der Waals surface area contributed by atoms with Crippen LogP contribution in [0.3, 0.4) is 0 Å². The van der Waals surface area contributed by atoms with Crippen LogP contribution in [0.2, 0.25) is 0 Å². The molecule has 0 fully saturated rings. The Bertz CT molecular complexity index is 1090. The Morgan fingerprint density at radius 1 is 0.515 bits per heavy atom. The molecule has 0 saturated heterocycles. The first-order valence-corrected chi connectivity index (χ1v) is 11.8. The predicted octanol–water partition coefficient (Wildman–Crippen LogP) is 6.40. The van der Waals surface area contributed by atoms with Crippen molar-refractivity contribution in [2.24, 2.45) is 0 Å². The van der Waals surface area contributed by atoms with Crippen LogP contribution in [0.4, 0.5) is 0 Å². The average molecular weight is 462 g/mol. The Labute approximate surface area is 192 Å². The molecule has 0 aliphatic heterocycles. The average Bonchev–Trinajstić information content (AvgIpc) is 2.84. The molecule has 0 spiro atoms. The van der Waals surface area contributed by atoms with Gasteiger partial charge < -0.3 is 18.5 Å². The van der Waals surface area contributed by atoms with E-state index in [4.69, 9.17) is 18.5 Å². The maximum Gasteiger partial charge on any atom is 0.584 e. The summed E-state index contributed by atoms with van der Waals surface area (Å²) >= 11 is 0. The first-order valence-electron chi connectivity index (χ1n) is 10.3. The number of hydrogen-bond donors (Lipinski definition) is 1. The molecule has 0 aliphatic rings. The minimum absolute atomic E-state index is 0.190. The highest BCUT2D eigenvalue weighted by Gasteiger charge is 2.25. The third-order valence-corrected chi connectivity index (χ3v) is 5.47. The molecular formula is C26H23O6P. The highest BCUT2D eigenvalue weighted by atomic mass is 31.2. The van der Waals surface area contributed by atoms with Crippen LogP contribution in [0.5, 0.6) is 23.0 Å². The van der Waals surface area contributed by atoms with E-state index in [1.54, 1.807) is 48.5 Å². The molecule has 0 heterocycles. The van der Waals surface area contributed by atoms with Gasteiger partial charge in [-0.2, -0.15) is 0 Å². The molecule has 0 radical (unpaired) electrons. The van der Waals surface area contributed by atoms with Gasteiger partial charge in [0.25, 0.3) is 0 Å². The zero-order valence-electron chi connectivity index (χ0n) is 17.7. The third kappa shape index (κ3) is 7.14. The van der Waals surface area contributed by atoms with Gasteiger partial charge in [0.05, 0.1) is 0 Å². The second-order valence-electron chi connectivity index (χ2n) is 7.14. The number of hydrogen-bond acceptors (Lipinski definition) is 5. The van der Waals surface area contributed by atoms with Crippen LogP contribution in [0.15, 0.2) is 109 Å². The summed E-state index contributed by atoms with van der Waals surface area (Å²) in [5.74, 6) is 1.61. The topological polar surface area (TPSA) is 74.2 Å². The Hall–Kier alpha value is -3.73. The molecular weight excluding hydrogens is 439 g/mol. The standard InChI is InChI=1S/C26H23O6P/c27-33(28,31-25-15-11-23(12-16-25)29-19-21-7-3-1-4-8-21)32-26-17-13-24(14-18-26)30-20-22-9-5-2-6-10-22/h1-18H,19-20H2,(H,27,28). The zero-order valence-corrected chi connectivity index (χ0v) is 18.6. The first kappa shape index (κ1) is 22.5. The van der Waals surface area contributed by atoms with E-state index in [0.29, 0.717) is 24.7 Å². The van der Waals surface area contributed by atoms with Crippen molar-refractivity contribution >= 4 is 7.82 Å². The molecule has 6 nitrogen and oxygen atoms in total. The Balaban J connectivity index is 1.28. The highest BCUT2D eigenvalue weighted by molar-refractivity contribution is 7.48. The number of rotatable bonds is 10. The van der Waals surface area contributed by atoms with Gasteiger partial charge in [-0.05, 0) is 59.7 Å². The highest BCUT2D eigenvalue weighted by Crippen LogP contribution is 2.44. The molecule has 4 aromatic carbocycles. The lowest BCUT2D eigenvalue weighted by atomic mass is 10.2. The molecule has 7 heteroatoms. The van der Waals surface area contributed by atoms with Crippen LogP contribution in [0, 0.1) is 0 Å². The van der Waals surface area contributed by atoms with Crippen molar-refractivity contribution in [3.05, 3.63) is 120 Å². The minimum atomic E-state index is -4.37. The molecule has 0 amide bonds. The van der Waals surface area contributed by atoms with E-state index in [1.807, 2.05) is 60.7 Å². The van der Waals surface area contributed by atoms with Gasteiger partial charge in [-0.3, -0.25) is 4.89 Å². The normalized spacial score (nSPS) is 10.9. The number of phosphoric acid groups is 1. The summed E-state index contributed by atoms with van der Waals surface area (Å²) in [4.78, 5) is 10.1. The van der Waals surface area contributed by atoms with E-state index in [2.05, 4.69) is 0 Å². The van der Waals surface area contributed by atoms with Crippen LogP contribution >= 0.6 is 7.82 Å². The lowest BCUT2D eigenvalue weighted by molar-refractivity contribution is 0.288. The van der Waals surface area contributed by atoms with Crippen LogP contribution in [0.1, 0.15) is 11.1 Å². The molecule has 0 saturated carbocycles. The summed E-state index contributed by atoms with van der Waals surface area (Å²) in [5, 5.41) is 0. The maximum absolute atomic E-state index is 12.4. The van der Waals surface area contributed by atoms with Crippen molar-refractivity contribution in [2.45, 2.75) is 13.2 Å². The number of benzene rings is 4. The summed E-state index contributed by atoms with van der Waals surface area (Å²) in [5.41, 5.74) is 2.09. The predicted molar refractivity (Wildman–Crippen MR) is 126 cm³/mol. The van der Waals surface area contributed by atoms with Crippen molar-refractivity contribution in [1.82, 2.24) is 0 Å². The second kappa shape index (κ2) is 10.7. The van der Waals surface area contributed by atoms with Crippen molar-refractivity contribution in [3.8, 4) is 23.0 Å². The Morgan fingerprint density at radius 2 is 0.848 bits per heavy atom. The van der Waals surface area contributed by atoms with Crippen LogP contribution < -0.4 is 18.5 Å². The molecule has 4 rings (SSSR count). The van der Waals surface area contributed by atoms with Gasteiger partial charge in [-0.15, -0.1) is 0 Å². The summed E-state index contributed by atoms with van der Waals surface area (Å²) in [7, 11) is -4.37. The van der Waals surface area contributed by atoms with Crippen molar-refractivity contribution in [3.63, 3.8) is 0 Å². The number of ether oxygens (including phenoxy) is 2. The minimum Gasteiger partial charge on any atom is -0.489 e. The lowest BCUT2D eigenvalue weighted by Gasteiger charge is -2.14. The number of phosphoric ester groups is 1. The van der Waals surface area contributed by atoms with Gasteiger partial charge in [0.2, 0.25) is 0 Å². The Morgan fingerprint density at radius 3 is 1.21 bits per heavy atom. The molecule has 168 valence electrons. The van der Waals surface area contributed by atoms with Crippen LogP contribution in [-0.4, -0.2) is 4.89 Å². The molecule has 4 aromatic rings. The monoisotopic (exact) mass is 462 g/mol. The quantitative estimate of drug-likeness (QED) is 0.275. The van der Waals surface area contributed by atoms with Gasteiger partial charge in [0.15, 0.2) is 0 Å². The fourth-order valence-corrected chi connectivity index (χ4v) is 3.77. The van der Waals surface area contributed by atoms with E-state index in [9.17, 15) is 9.46 Å². The van der Waals surface area contributed by atoms with Gasteiger partial charge >= 0.3 is 7.82 Å². The van der Waals surface area contributed by atoms with Crippen molar-refractivity contribution in [1.29, 1.82) is 0 Å². The molecule has 0 unspecified atom stereocenters. The summed E-state index contributed by atoms with van der Waals surface area (Å²) < 4.78 is 34.1. The van der Waals surface area contributed by atoms with Crippen molar-refractivity contribution < 1.29 is 28.0 Å². The fraction of sp³-hybridized carbons (Fsp3) is 0.0769. The SMILES string of the molecule is O=P(O)(Oc1ccc(OCc2ccccc2)cc1)Oc1ccc(OCc2ccccc2)cc1. The zero-order chi connectivity index (χ0) is 22.9. The lowest BCUT2D eigenvalue weighted by Crippen LogP contribution is -2.00. The van der Waals surface area contributed by atoms with E-state index in [-0.39, 0.29) is 11.5 Å². The molecule has 33 heavy (non-hydrogen) atoms. The largest absolute Gasteiger partial charge is 0.584 e. The van der Waals surface area contributed by atoms with Gasteiger partial charge in [0, 0.05) is 0 Å². The third-order valence-electron chi connectivity index (χ3n) is 4.59. The smallest absolute Gasteiger partial charge is 0.489 e. The van der Waals surface area contributed by atoms with Crippen LogP contribution in [-0.2, 0) is 17.8 Å². The summed E-state index contributed by atoms with van der Waals surface area (Å²) in [6, 6.07) is 32.4. The van der Waals surface area contributed by atoms with E-state index < -0.39 is 7.82 Å². The summed E-state index contributed by atoms with van der Waals surface area (Å²) in [6.45, 7) is 0.849. The van der Waals surface area contributed by atoms with Crippen molar-refractivity contribution in [2.75, 3.05) is 0 Å². The van der Waals surface area contributed by atoms with E-state index in [0.717, 1.165) is 11.1 Å². The molecule has 0 atom stereocenters. The van der Waals surface area contributed by atoms with Gasteiger partial charge in [0.1, 0.15) is 36.2 Å². The molecule has 0 aliphatic carbocycles. The summed E-state index contributed by atoms with van der Waals surface area (Å²) in [6.07, 6.45) is 0. The van der Waals surface area contributed by atoms with E-state index >= 15 is 0 Å². The maximum atomic E-state index is 12.4. The van der Waals surface area contributed by atoms with E-state index in [1.165, 1.54) is 0 Å². The Kier molecular flexibility index (Phi) is 7.30. The van der Waals surface area contributed by atoms with Crippen LogP contribution in [0.25, 0.3) is 0 Å².